The first-order chi connectivity index (χ1) is 26.3. The molecule has 0 radical (unpaired) electrons. The predicted octanol–water partition coefficient (Wildman–Crippen LogP) is 11.5. The molecular formula is C51H32N2. The third kappa shape index (κ3) is 4.67. The number of hydrogen-bond acceptors (Lipinski definition) is 0. The average molecular weight is 673 g/mol. The fraction of sp³-hybridized carbons (Fsp3) is 0. The monoisotopic (exact) mass is 672 g/mol. The molecule has 0 saturated heterocycles. The minimum atomic E-state index is 1.10. The molecule has 1 aliphatic rings. The van der Waals surface area contributed by atoms with Gasteiger partial charge in [-0.1, -0.05) is 145 Å². The first-order valence-electron chi connectivity index (χ1n) is 18.2. The highest BCUT2D eigenvalue weighted by Gasteiger charge is 2.18. The van der Waals surface area contributed by atoms with Crippen molar-refractivity contribution in [3.63, 3.8) is 0 Å². The van der Waals surface area contributed by atoms with Gasteiger partial charge in [0.05, 0.1) is 27.6 Å². The Morgan fingerprint density at radius 1 is 0.358 bits per heavy atom. The Kier molecular flexibility index (Phi) is 6.54. The molecule has 0 unspecified atom stereocenters. The molecular weight excluding hydrogens is 641 g/mol. The lowest BCUT2D eigenvalue weighted by Gasteiger charge is -2.14. The Morgan fingerprint density at radius 3 is 1.68 bits per heavy atom. The molecule has 2 aromatic heterocycles. The Morgan fingerprint density at radius 2 is 0.943 bits per heavy atom. The standard InChI is InChI=1S/C51H32N2/c1-3-14-34(15-4-1)38-28-39(35-16-5-2-6-17-35)30-41(29-38)52-48-23-11-9-21-43(48)45-31-37(26-27-50(45)52)40-32-46-44-22-10-12-24-49(44)53(51(46)33-40)47-25-13-19-36-18-7-8-20-42(36)47/h1-32H. The van der Waals surface area contributed by atoms with E-state index in [1.165, 1.54) is 76.6 Å². The summed E-state index contributed by atoms with van der Waals surface area (Å²) in [4.78, 5) is 0. The van der Waals surface area contributed by atoms with Gasteiger partial charge >= 0.3 is 0 Å². The smallest absolute Gasteiger partial charge is 0.0978 e. The van der Waals surface area contributed by atoms with E-state index >= 15 is 0 Å². The lowest BCUT2D eigenvalue weighted by Crippen LogP contribution is -2.25. The van der Waals surface area contributed by atoms with Crippen molar-refractivity contribution in [2.24, 2.45) is 0 Å². The number of para-hydroxylation sites is 2. The zero-order valence-corrected chi connectivity index (χ0v) is 28.9. The molecule has 0 N–H and O–H groups in total. The van der Waals surface area contributed by atoms with Crippen LogP contribution in [0, 0.1) is 0 Å². The van der Waals surface area contributed by atoms with Crippen molar-refractivity contribution in [2.45, 2.75) is 0 Å². The molecule has 2 nitrogen and oxygen atoms in total. The van der Waals surface area contributed by atoms with E-state index < -0.39 is 0 Å². The van der Waals surface area contributed by atoms with E-state index in [0.29, 0.717) is 0 Å². The van der Waals surface area contributed by atoms with Gasteiger partial charge in [0.1, 0.15) is 0 Å². The maximum Gasteiger partial charge on any atom is 0.0978 e. The van der Waals surface area contributed by atoms with Gasteiger partial charge in [-0.15, -0.1) is 0 Å². The van der Waals surface area contributed by atoms with Gasteiger partial charge in [0.2, 0.25) is 0 Å². The van der Waals surface area contributed by atoms with Crippen molar-refractivity contribution in [3.05, 3.63) is 204 Å². The lowest BCUT2D eigenvalue weighted by atomic mass is 9.98. The number of hydrogen-bond donors (Lipinski definition) is 0. The van der Waals surface area contributed by atoms with E-state index in [9.17, 15) is 0 Å². The van der Waals surface area contributed by atoms with Crippen molar-refractivity contribution >= 4 is 60.9 Å². The second-order valence-electron chi connectivity index (χ2n) is 13.9. The van der Waals surface area contributed by atoms with Crippen LogP contribution in [0.2, 0.25) is 0 Å². The van der Waals surface area contributed by atoms with Gasteiger partial charge in [-0.25, -0.2) is 0 Å². The van der Waals surface area contributed by atoms with Crippen LogP contribution >= 0.6 is 0 Å². The molecule has 2 heterocycles. The number of nitrogens with zero attached hydrogens (tertiary/aromatic N) is 2. The van der Waals surface area contributed by atoms with Crippen LogP contribution in [0.1, 0.15) is 5.56 Å². The van der Waals surface area contributed by atoms with Crippen molar-refractivity contribution in [2.75, 3.05) is 0 Å². The topological polar surface area (TPSA) is 9.86 Å². The summed E-state index contributed by atoms with van der Waals surface area (Å²) in [6.07, 6.45) is 2.33. The summed E-state index contributed by atoms with van der Waals surface area (Å²) in [5, 5.41) is 8.49. The minimum Gasteiger partial charge on any atom is -0.309 e. The highest BCUT2D eigenvalue weighted by atomic mass is 15.0. The first kappa shape index (κ1) is 29.6. The third-order valence-corrected chi connectivity index (χ3v) is 10.8. The van der Waals surface area contributed by atoms with E-state index in [4.69, 9.17) is 0 Å². The maximum atomic E-state index is 3.89. The van der Waals surface area contributed by atoms with Crippen LogP contribution in [0.5, 0.6) is 0 Å². The number of rotatable bonds is 5. The van der Waals surface area contributed by atoms with E-state index in [-0.39, 0.29) is 0 Å². The van der Waals surface area contributed by atoms with E-state index in [1.807, 2.05) is 0 Å². The summed E-state index contributed by atoms with van der Waals surface area (Å²) >= 11 is 0. The Labute approximate surface area is 306 Å². The summed E-state index contributed by atoms with van der Waals surface area (Å²) in [5.41, 5.74) is 16.8. The van der Waals surface area contributed by atoms with Crippen LogP contribution in [-0.2, 0) is 0 Å². The molecule has 10 aromatic rings. The Balaban J connectivity index is 1.14. The van der Waals surface area contributed by atoms with Crippen molar-refractivity contribution in [1.82, 2.24) is 9.13 Å². The highest BCUT2D eigenvalue weighted by Crippen LogP contribution is 2.37. The second-order valence-corrected chi connectivity index (χ2v) is 13.9. The lowest BCUT2D eigenvalue weighted by molar-refractivity contribution is 1.09. The van der Waals surface area contributed by atoms with Crippen LogP contribution < -0.4 is 10.6 Å². The van der Waals surface area contributed by atoms with Crippen LogP contribution in [0.25, 0.3) is 94.5 Å². The average Bonchev–Trinajstić information content (AvgIpc) is 3.90. The zero-order chi connectivity index (χ0) is 34.9. The van der Waals surface area contributed by atoms with Gasteiger partial charge in [0.15, 0.2) is 0 Å². The normalized spacial score (nSPS) is 12.3. The van der Waals surface area contributed by atoms with Gasteiger partial charge in [-0.3, -0.25) is 0 Å². The molecule has 53 heavy (non-hydrogen) atoms. The number of benzene rings is 8. The second kappa shape index (κ2) is 11.7. The summed E-state index contributed by atoms with van der Waals surface area (Å²) in [5.74, 6) is 0. The number of fused-ring (bicyclic) bond motifs is 7. The quantitative estimate of drug-likeness (QED) is 0.172. The van der Waals surface area contributed by atoms with Crippen molar-refractivity contribution in [1.29, 1.82) is 0 Å². The molecule has 8 aromatic carbocycles. The Hall–Kier alpha value is -7.12. The Bertz CT molecular complexity index is 3180. The van der Waals surface area contributed by atoms with Crippen LogP contribution in [0.3, 0.4) is 0 Å². The molecule has 1 aliphatic carbocycles. The summed E-state index contributed by atoms with van der Waals surface area (Å²) in [6.45, 7) is 0. The third-order valence-electron chi connectivity index (χ3n) is 10.8. The van der Waals surface area contributed by atoms with E-state index in [0.717, 1.165) is 22.2 Å². The summed E-state index contributed by atoms with van der Waals surface area (Å²) in [6, 6.07) is 68.0. The van der Waals surface area contributed by atoms with Gasteiger partial charge in [-0.05, 0) is 87.8 Å². The highest BCUT2D eigenvalue weighted by molar-refractivity contribution is 6.12. The van der Waals surface area contributed by atoms with Gasteiger partial charge in [0.25, 0.3) is 0 Å². The summed E-state index contributed by atoms with van der Waals surface area (Å²) < 4.78 is 4.82. The van der Waals surface area contributed by atoms with Crippen molar-refractivity contribution < 1.29 is 0 Å². The molecule has 11 rings (SSSR count). The molecule has 0 saturated carbocycles. The largest absolute Gasteiger partial charge is 0.309 e. The number of aromatic nitrogens is 2. The molecule has 0 aliphatic heterocycles. The summed E-state index contributed by atoms with van der Waals surface area (Å²) in [7, 11) is 0. The van der Waals surface area contributed by atoms with Crippen molar-refractivity contribution in [3.8, 4) is 33.6 Å². The SMILES string of the molecule is C1=C(c2ccc3c(c2)c2ccccc2n3-c2cc(-c3ccccc3)cc(-c3ccccc3)c2)C=c2c=1n(-c1cccc3ccccc13)c1ccccc21. The number of allylic oxidation sites excluding steroid dienone is 1. The fourth-order valence-electron chi connectivity index (χ4n) is 8.40. The molecule has 0 atom stereocenters. The van der Waals surface area contributed by atoms with E-state index in [1.54, 1.807) is 0 Å². The van der Waals surface area contributed by atoms with Gasteiger partial charge < -0.3 is 9.13 Å². The molecule has 0 fully saturated rings. The van der Waals surface area contributed by atoms with Crippen LogP contribution in [0.4, 0.5) is 0 Å². The molecule has 2 heteroatoms. The van der Waals surface area contributed by atoms with Gasteiger partial charge in [0, 0.05) is 38.0 Å². The minimum absolute atomic E-state index is 1.10. The molecule has 246 valence electrons. The molecule has 0 bridgehead atoms. The van der Waals surface area contributed by atoms with Crippen LogP contribution in [-0.4, -0.2) is 9.13 Å². The van der Waals surface area contributed by atoms with E-state index in [2.05, 4.69) is 209 Å². The predicted molar refractivity (Wildman–Crippen MR) is 223 cm³/mol. The fourth-order valence-corrected chi connectivity index (χ4v) is 8.40. The van der Waals surface area contributed by atoms with Gasteiger partial charge in [-0.2, -0.15) is 0 Å². The van der Waals surface area contributed by atoms with Crippen LogP contribution in [0.15, 0.2) is 188 Å². The zero-order valence-electron chi connectivity index (χ0n) is 28.9. The maximum absolute atomic E-state index is 3.89. The first-order valence-corrected chi connectivity index (χ1v) is 18.2. The molecule has 0 amide bonds. The molecule has 0 spiro atoms.